The normalized spacial score (nSPS) is 19.3. The number of hydrogen-bond acceptors (Lipinski definition) is 7. The summed E-state index contributed by atoms with van der Waals surface area (Å²) in [5.74, 6) is -6.22. The Labute approximate surface area is 175 Å². The quantitative estimate of drug-likeness (QED) is 0.694. The lowest BCUT2D eigenvalue weighted by molar-refractivity contribution is -0.138. The fourth-order valence-corrected chi connectivity index (χ4v) is 3.67. The van der Waals surface area contributed by atoms with Gasteiger partial charge in [0.2, 0.25) is 5.91 Å². The number of fused-ring (bicyclic) bond motifs is 2. The number of ether oxygens (including phenoxy) is 1. The molecular formula is C22H15NO8. The molecule has 2 N–H and O–H groups in total. The molecule has 0 saturated carbocycles. The Morgan fingerprint density at radius 1 is 0.839 bits per heavy atom. The molecule has 2 aromatic carbocycles. The Morgan fingerprint density at radius 2 is 1.32 bits per heavy atom. The summed E-state index contributed by atoms with van der Waals surface area (Å²) in [7, 11) is 0. The minimum atomic E-state index is -1.64. The molecule has 2 atom stereocenters. The highest BCUT2D eigenvalue weighted by molar-refractivity contribution is 6.35. The number of amides is 1. The second-order valence-electron chi connectivity index (χ2n) is 7.24. The van der Waals surface area contributed by atoms with Crippen molar-refractivity contribution >= 4 is 35.0 Å². The summed E-state index contributed by atoms with van der Waals surface area (Å²) in [5, 5.41) is 10.7. The van der Waals surface area contributed by atoms with Gasteiger partial charge in [-0.1, -0.05) is 0 Å². The molecule has 9 nitrogen and oxygen atoms in total. The van der Waals surface area contributed by atoms with Crippen LogP contribution in [-0.4, -0.2) is 46.7 Å². The number of rotatable bonds is 5. The van der Waals surface area contributed by atoms with Gasteiger partial charge in [0, 0.05) is 22.3 Å². The third-order valence-electron chi connectivity index (χ3n) is 5.27. The topological polar surface area (TPSA) is 144 Å². The molecule has 0 radical (unpaired) electrons. The zero-order valence-electron chi connectivity index (χ0n) is 16.1. The standard InChI is InChI=1S/C22H15NO8/c1-9-18(26)12-4-2-10(6-14(12)19(9)27)31-11-3-5-13-15(7-11)21(29)17(20(13)28)22(30)23-8-16(24)25/h2-7,9,17H,8H2,1H3,(H,23,30)(H,24,25). The van der Waals surface area contributed by atoms with Crippen LogP contribution in [-0.2, 0) is 9.59 Å². The van der Waals surface area contributed by atoms with E-state index in [0.717, 1.165) is 0 Å². The van der Waals surface area contributed by atoms with Crippen molar-refractivity contribution in [3.63, 3.8) is 0 Å². The number of carbonyl (C=O) groups excluding carboxylic acids is 5. The largest absolute Gasteiger partial charge is 0.480 e. The fraction of sp³-hybridized carbons (Fsp3) is 0.182. The van der Waals surface area contributed by atoms with Gasteiger partial charge in [-0.3, -0.25) is 28.8 Å². The van der Waals surface area contributed by atoms with Crippen LogP contribution in [0.5, 0.6) is 11.5 Å². The van der Waals surface area contributed by atoms with Gasteiger partial charge in [-0.25, -0.2) is 0 Å². The Kier molecular flexibility index (Phi) is 4.73. The van der Waals surface area contributed by atoms with Crippen LogP contribution in [0.1, 0.15) is 48.4 Å². The smallest absolute Gasteiger partial charge is 0.322 e. The highest BCUT2D eigenvalue weighted by Gasteiger charge is 2.43. The number of carboxylic acids is 1. The molecule has 2 aliphatic carbocycles. The van der Waals surface area contributed by atoms with Gasteiger partial charge in [-0.15, -0.1) is 0 Å². The lowest BCUT2D eigenvalue weighted by Gasteiger charge is -2.08. The third-order valence-corrected chi connectivity index (χ3v) is 5.27. The SMILES string of the molecule is CC1C(=O)c2ccc(Oc3ccc4c(c3)C(=O)C(C(=O)NCC(=O)O)C4=O)cc2C1=O. The van der Waals surface area contributed by atoms with Gasteiger partial charge in [0.05, 0.1) is 5.92 Å². The summed E-state index contributed by atoms with van der Waals surface area (Å²) in [6.07, 6.45) is 0. The number of nitrogens with one attached hydrogen (secondary N) is 1. The van der Waals surface area contributed by atoms with Crippen LogP contribution in [0.2, 0.25) is 0 Å². The fourth-order valence-electron chi connectivity index (χ4n) is 3.67. The number of carbonyl (C=O) groups is 6. The van der Waals surface area contributed by atoms with Crippen LogP contribution in [0.15, 0.2) is 36.4 Å². The summed E-state index contributed by atoms with van der Waals surface area (Å²) in [6.45, 7) is 0.829. The van der Waals surface area contributed by atoms with E-state index in [1.165, 1.54) is 43.3 Å². The molecule has 2 unspecified atom stereocenters. The summed E-state index contributed by atoms with van der Waals surface area (Å²) < 4.78 is 5.70. The van der Waals surface area contributed by atoms with E-state index >= 15 is 0 Å². The number of carboxylic acid groups (broad SMARTS) is 1. The maximum atomic E-state index is 12.6. The minimum Gasteiger partial charge on any atom is -0.480 e. The lowest BCUT2D eigenvalue weighted by atomic mass is 10.0. The van der Waals surface area contributed by atoms with E-state index in [2.05, 4.69) is 0 Å². The maximum absolute atomic E-state index is 12.6. The van der Waals surface area contributed by atoms with Gasteiger partial charge in [-0.05, 0) is 43.3 Å². The molecule has 2 aliphatic rings. The first kappa shape index (κ1) is 20.1. The van der Waals surface area contributed by atoms with Gasteiger partial charge >= 0.3 is 5.97 Å². The molecule has 1 amide bonds. The average Bonchev–Trinajstić information content (AvgIpc) is 3.11. The zero-order chi connectivity index (χ0) is 22.4. The molecule has 4 rings (SSSR count). The molecule has 0 bridgehead atoms. The molecular weight excluding hydrogens is 406 g/mol. The van der Waals surface area contributed by atoms with Crippen LogP contribution in [0.3, 0.4) is 0 Å². The molecule has 2 aromatic rings. The Morgan fingerprint density at radius 3 is 1.90 bits per heavy atom. The molecule has 31 heavy (non-hydrogen) atoms. The zero-order valence-corrected chi connectivity index (χ0v) is 16.1. The average molecular weight is 421 g/mol. The van der Waals surface area contributed by atoms with Crippen LogP contribution in [0, 0.1) is 11.8 Å². The number of aliphatic carboxylic acids is 1. The van der Waals surface area contributed by atoms with Crippen molar-refractivity contribution in [1.82, 2.24) is 5.32 Å². The number of benzene rings is 2. The first-order valence-electron chi connectivity index (χ1n) is 9.31. The van der Waals surface area contributed by atoms with Crippen molar-refractivity contribution in [3.05, 3.63) is 58.7 Å². The maximum Gasteiger partial charge on any atom is 0.322 e. The van der Waals surface area contributed by atoms with Gasteiger partial charge in [0.1, 0.15) is 18.0 Å². The summed E-state index contributed by atoms with van der Waals surface area (Å²) in [4.78, 5) is 72.0. The molecule has 0 spiro atoms. The predicted molar refractivity (Wildman–Crippen MR) is 104 cm³/mol. The first-order valence-corrected chi connectivity index (χ1v) is 9.31. The molecule has 0 heterocycles. The van der Waals surface area contributed by atoms with E-state index in [9.17, 15) is 28.8 Å². The summed E-state index contributed by atoms with van der Waals surface area (Å²) in [6, 6.07) is 8.55. The predicted octanol–water partition coefficient (Wildman–Crippen LogP) is 1.69. The summed E-state index contributed by atoms with van der Waals surface area (Å²) >= 11 is 0. The van der Waals surface area contributed by atoms with E-state index in [0.29, 0.717) is 5.56 Å². The molecule has 0 aliphatic heterocycles. The second kappa shape index (κ2) is 7.28. The minimum absolute atomic E-state index is 0.0148. The van der Waals surface area contributed by atoms with E-state index < -0.39 is 41.8 Å². The number of Topliss-reactive ketones (excluding diaryl/α,β-unsaturated/α-hetero) is 4. The van der Waals surface area contributed by atoms with Crippen molar-refractivity contribution in [3.8, 4) is 11.5 Å². The summed E-state index contributed by atoms with van der Waals surface area (Å²) in [5.41, 5.74) is 0.614. The Bertz CT molecular complexity index is 1210. The second-order valence-corrected chi connectivity index (χ2v) is 7.24. The van der Waals surface area contributed by atoms with E-state index in [1.807, 2.05) is 5.32 Å². The van der Waals surface area contributed by atoms with Crippen LogP contribution < -0.4 is 10.1 Å². The van der Waals surface area contributed by atoms with E-state index in [4.69, 9.17) is 9.84 Å². The highest BCUT2D eigenvalue weighted by atomic mass is 16.5. The van der Waals surface area contributed by atoms with Crippen LogP contribution in [0.25, 0.3) is 0 Å². The van der Waals surface area contributed by atoms with Crippen molar-refractivity contribution < 1.29 is 38.6 Å². The number of ketones is 4. The van der Waals surface area contributed by atoms with E-state index in [-0.39, 0.29) is 39.8 Å². The Balaban J connectivity index is 1.58. The van der Waals surface area contributed by atoms with Gasteiger partial charge < -0.3 is 15.2 Å². The Hall–Kier alpha value is -4.14. The van der Waals surface area contributed by atoms with Gasteiger partial charge in [-0.2, -0.15) is 0 Å². The molecule has 156 valence electrons. The first-order chi connectivity index (χ1) is 14.7. The molecule has 9 heteroatoms. The van der Waals surface area contributed by atoms with Crippen LogP contribution >= 0.6 is 0 Å². The van der Waals surface area contributed by atoms with Gasteiger partial charge in [0.15, 0.2) is 29.1 Å². The van der Waals surface area contributed by atoms with Crippen molar-refractivity contribution in [1.29, 1.82) is 0 Å². The van der Waals surface area contributed by atoms with E-state index in [1.54, 1.807) is 0 Å². The van der Waals surface area contributed by atoms with Crippen molar-refractivity contribution in [2.45, 2.75) is 6.92 Å². The highest BCUT2D eigenvalue weighted by Crippen LogP contribution is 2.34. The monoisotopic (exact) mass is 421 g/mol. The van der Waals surface area contributed by atoms with Crippen molar-refractivity contribution in [2.24, 2.45) is 11.8 Å². The molecule has 0 aromatic heterocycles. The lowest BCUT2D eigenvalue weighted by Crippen LogP contribution is -2.39. The van der Waals surface area contributed by atoms with Crippen LogP contribution in [0.4, 0.5) is 0 Å². The third kappa shape index (κ3) is 3.29. The molecule has 0 fully saturated rings. The van der Waals surface area contributed by atoms with Crippen molar-refractivity contribution in [2.75, 3.05) is 6.54 Å². The number of hydrogen-bond donors (Lipinski definition) is 2. The van der Waals surface area contributed by atoms with Gasteiger partial charge in [0.25, 0.3) is 0 Å². The molecule has 0 saturated heterocycles.